The maximum absolute atomic E-state index is 5.98. The molecule has 4 rings (SSSR count). The van der Waals surface area contributed by atoms with Crippen LogP contribution in [0.15, 0.2) is 29.0 Å². The fourth-order valence-electron chi connectivity index (χ4n) is 4.26. The van der Waals surface area contributed by atoms with Crippen LogP contribution in [0.3, 0.4) is 0 Å². The number of anilines is 1. The highest BCUT2D eigenvalue weighted by molar-refractivity contribution is 5.44. The summed E-state index contributed by atoms with van der Waals surface area (Å²) in [6.45, 7) is 0. The van der Waals surface area contributed by atoms with Gasteiger partial charge in [-0.3, -0.25) is 0 Å². The first-order valence-corrected chi connectivity index (χ1v) is 8.62. The summed E-state index contributed by atoms with van der Waals surface area (Å²) in [5.41, 5.74) is 12.2. The summed E-state index contributed by atoms with van der Waals surface area (Å²) in [6, 6.07) is 7.20. The minimum Gasteiger partial charge on any atom is -0.395 e. The molecule has 0 bridgehead atoms. The van der Waals surface area contributed by atoms with Crippen LogP contribution in [0.1, 0.15) is 72.7 Å². The molecule has 3 nitrogen and oxygen atoms in total. The minimum absolute atomic E-state index is 0.410. The third-order valence-electron chi connectivity index (χ3n) is 5.55. The molecule has 2 aliphatic rings. The molecule has 2 aromatic rings. The summed E-state index contributed by atoms with van der Waals surface area (Å²) in [7, 11) is 0. The lowest BCUT2D eigenvalue weighted by Gasteiger charge is -2.27. The van der Waals surface area contributed by atoms with Gasteiger partial charge in [-0.15, -0.1) is 0 Å². The number of nitrogens with zero attached hydrogens (tertiary/aromatic N) is 1. The van der Waals surface area contributed by atoms with Gasteiger partial charge >= 0.3 is 0 Å². The molecule has 1 unspecified atom stereocenters. The summed E-state index contributed by atoms with van der Waals surface area (Å²) >= 11 is 0. The van der Waals surface area contributed by atoms with E-state index in [1.54, 1.807) is 11.8 Å². The molecule has 1 heterocycles. The van der Waals surface area contributed by atoms with Gasteiger partial charge in [0.15, 0.2) is 0 Å². The number of hydrogen-bond acceptors (Lipinski definition) is 3. The third-order valence-corrected chi connectivity index (χ3v) is 5.55. The summed E-state index contributed by atoms with van der Waals surface area (Å²) < 4.78 is 5.03. The Morgan fingerprint density at radius 2 is 1.86 bits per heavy atom. The number of nitrogens with two attached hydrogens (primary N) is 1. The lowest BCUT2D eigenvalue weighted by molar-refractivity contribution is 0.399. The minimum atomic E-state index is 0.410. The lowest BCUT2D eigenvalue weighted by Crippen LogP contribution is -2.15. The molecular formula is C19H24N2O. The zero-order valence-electron chi connectivity index (χ0n) is 13.1. The third kappa shape index (κ3) is 2.53. The molecule has 1 aromatic heterocycles. The highest BCUT2D eigenvalue weighted by atomic mass is 16.5. The normalized spacial score (nSPS) is 22.5. The first-order valence-electron chi connectivity index (χ1n) is 8.62. The van der Waals surface area contributed by atoms with Crippen LogP contribution in [-0.2, 0) is 12.8 Å². The second-order valence-corrected chi connectivity index (χ2v) is 6.96. The van der Waals surface area contributed by atoms with Gasteiger partial charge in [-0.1, -0.05) is 42.6 Å². The van der Waals surface area contributed by atoms with E-state index in [-0.39, 0.29) is 0 Å². The van der Waals surface area contributed by atoms with Crippen molar-refractivity contribution in [3.63, 3.8) is 0 Å². The molecule has 0 spiro atoms. The number of benzene rings is 1. The van der Waals surface area contributed by atoms with Crippen LogP contribution in [0.4, 0.5) is 5.69 Å². The molecule has 2 aliphatic carbocycles. The Morgan fingerprint density at radius 1 is 1.00 bits per heavy atom. The fourth-order valence-corrected chi connectivity index (χ4v) is 4.26. The highest BCUT2D eigenvalue weighted by Gasteiger charge is 2.25. The van der Waals surface area contributed by atoms with Gasteiger partial charge < -0.3 is 10.3 Å². The topological polar surface area (TPSA) is 52.0 Å². The van der Waals surface area contributed by atoms with Gasteiger partial charge in [0.25, 0.3) is 0 Å². The zero-order valence-corrected chi connectivity index (χ0v) is 13.1. The maximum atomic E-state index is 5.98. The molecule has 2 N–H and O–H groups in total. The van der Waals surface area contributed by atoms with Gasteiger partial charge in [0.1, 0.15) is 12.0 Å². The first kappa shape index (κ1) is 13.9. The second-order valence-electron chi connectivity index (χ2n) is 6.96. The Labute approximate surface area is 131 Å². The molecule has 1 saturated carbocycles. The van der Waals surface area contributed by atoms with Crippen molar-refractivity contribution >= 4 is 5.69 Å². The zero-order chi connectivity index (χ0) is 14.9. The van der Waals surface area contributed by atoms with Crippen molar-refractivity contribution in [3.8, 4) is 0 Å². The summed E-state index contributed by atoms with van der Waals surface area (Å²) in [5, 5.41) is 4.12. The van der Waals surface area contributed by atoms with Crippen molar-refractivity contribution < 1.29 is 4.52 Å². The summed E-state index contributed by atoms with van der Waals surface area (Å²) in [4.78, 5) is 0. The Bertz CT molecular complexity index is 655. The van der Waals surface area contributed by atoms with Gasteiger partial charge in [0.2, 0.25) is 0 Å². The number of aromatic nitrogens is 1. The standard InChI is InChI=1S/C19H24N2O/c20-18-12-22-21-19(18)16-9-7-14-6-8-15(10-17(14)11-16)13-4-2-1-3-5-13/h6,8,10,12-13,16H,1-5,7,9,11,20H2. The van der Waals surface area contributed by atoms with Gasteiger partial charge in [-0.05, 0) is 54.7 Å². The first-order chi connectivity index (χ1) is 10.8. The molecule has 22 heavy (non-hydrogen) atoms. The second kappa shape index (κ2) is 5.79. The van der Waals surface area contributed by atoms with Crippen molar-refractivity contribution in [1.82, 2.24) is 5.16 Å². The smallest absolute Gasteiger partial charge is 0.147 e. The van der Waals surface area contributed by atoms with Crippen LogP contribution in [0, 0.1) is 0 Å². The molecule has 3 heteroatoms. The van der Waals surface area contributed by atoms with Crippen molar-refractivity contribution in [2.75, 3.05) is 5.73 Å². The monoisotopic (exact) mass is 296 g/mol. The van der Waals surface area contributed by atoms with Crippen LogP contribution in [0.5, 0.6) is 0 Å². The van der Waals surface area contributed by atoms with Crippen LogP contribution in [0.2, 0.25) is 0 Å². The molecule has 1 atom stereocenters. The average Bonchev–Trinajstić information content (AvgIpc) is 3.01. The number of rotatable bonds is 2. The van der Waals surface area contributed by atoms with E-state index < -0.39 is 0 Å². The number of fused-ring (bicyclic) bond motifs is 1. The molecule has 0 radical (unpaired) electrons. The number of aryl methyl sites for hydroxylation is 1. The van der Waals surface area contributed by atoms with Crippen LogP contribution >= 0.6 is 0 Å². The van der Waals surface area contributed by atoms with Gasteiger partial charge in [0, 0.05) is 5.92 Å². The summed E-state index contributed by atoms with van der Waals surface area (Å²) in [6.07, 6.45) is 11.8. The van der Waals surface area contributed by atoms with E-state index in [4.69, 9.17) is 10.3 Å². The molecule has 1 aromatic carbocycles. The average molecular weight is 296 g/mol. The predicted molar refractivity (Wildman–Crippen MR) is 87.9 cm³/mol. The number of hydrogen-bond donors (Lipinski definition) is 1. The fraction of sp³-hybridized carbons (Fsp3) is 0.526. The quantitative estimate of drug-likeness (QED) is 0.882. The van der Waals surface area contributed by atoms with E-state index in [9.17, 15) is 0 Å². The molecule has 0 amide bonds. The van der Waals surface area contributed by atoms with Crippen molar-refractivity contribution in [2.24, 2.45) is 0 Å². The molecule has 0 aliphatic heterocycles. The highest BCUT2D eigenvalue weighted by Crippen LogP contribution is 2.38. The van der Waals surface area contributed by atoms with E-state index in [0.29, 0.717) is 11.6 Å². The van der Waals surface area contributed by atoms with E-state index in [1.165, 1.54) is 43.2 Å². The largest absolute Gasteiger partial charge is 0.395 e. The lowest BCUT2D eigenvalue weighted by atomic mass is 9.78. The van der Waals surface area contributed by atoms with E-state index >= 15 is 0 Å². The van der Waals surface area contributed by atoms with Crippen molar-refractivity contribution in [3.05, 3.63) is 46.8 Å². The van der Waals surface area contributed by atoms with E-state index in [0.717, 1.165) is 30.9 Å². The van der Waals surface area contributed by atoms with E-state index in [2.05, 4.69) is 23.4 Å². The summed E-state index contributed by atoms with van der Waals surface area (Å²) in [5.74, 6) is 1.18. The number of nitrogen functional groups attached to an aromatic ring is 1. The molecule has 0 saturated heterocycles. The van der Waals surface area contributed by atoms with Crippen LogP contribution in [-0.4, -0.2) is 5.16 Å². The maximum Gasteiger partial charge on any atom is 0.147 e. The Hall–Kier alpha value is -1.77. The SMILES string of the molecule is Nc1conc1C1CCc2ccc(C3CCCCC3)cc2C1. The van der Waals surface area contributed by atoms with Gasteiger partial charge in [-0.2, -0.15) is 0 Å². The van der Waals surface area contributed by atoms with Gasteiger partial charge in [0.05, 0.1) is 5.69 Å². The van der Waals surface area contributed by atoms with E-state index in [1.807, 2.05) is 0 Å². The van der Waals surface area contributed by atoms with Crippen LogP contribution in [0.25, 0.3) is 0 Å². The van der Waals surface area contributed by atoms with Gasteiger partial charge in [-0.25, -0.2) is 0 Å². The Morgan fingerprint density at radius 3 is 2.64 bits per heavy atom. The van der Waals surface area contributed by atoms with Crippen molar-refractivity contribution in [2.45, 2.75) is 63.2 Å². The molecular weight excluding hydrogens is 272 g/mol. The van der Waals surface area contributed by atoms with Crippen LogP contribution < -0.4 is 5.73 Å². The molecule has 116 valence electrons. The van der Waals surface area contributed by atoms with Crippen molar-refractivity contribution in [1.29, 1.82) is 0 Å². The molecule has 1 fully saturated rings. The Balaban J connectivity index is 1.58. The Kier molecular flexibility index (Phi) is 3.65. The predicted octanol–water partition coefficient (Wildman–Crippen LogP) is 4.58.